The molecule has 4 aliphatic rings. The van der Waals surface area contributed by atoms with Crippen molar-refractivity contribution in [2.45, 2.75) is 116 Å². The molecule has 4 rings (SSSR count). The monoisotopic (exact) mass is 392 g/mol. The highest BCUT2D eigenvalue weighted by atomic mass is 16.6. The topological polar surface area (TPSA) is 52.6 Å². The predicted molar refractivity (Wildman–Crippen MR) is 110 cm³/mol. The van der Waals surface area contributed by atoms with E-state index in [1.165, 1.54) is 64.2 Å². The fraction of sp³-hybridized carbons (Fsp3) is 0.917. The average Bonchev–Trinajstić information content (AvgIpc) is 2.65. The van der Waals surface area contributed by atoms with Gasteiger partial charge in [0.25, 0.3) is 0 Å². The summed E-state index contributed by atoms with van der Waals surface area (Å²) in [5.74, 6) is 2.42. The van der Waals surface area contributed by atoms with E-state index in [4.69, 9.17) is 9.47 Å². The van der Waals surface area contributed by atoms with Gasteiger partial charge in [-0.15, -0.1) is 0 Å². The van der Waals surface area contributed by atoms with Gasteiger partial charge in [0.1, 0.15) is 6.10 Å². The van der Waals surface area contributed by atoms with Gasteiger partial charge in [0.05, 0.1) is 18.9 Å². The molecule has 160 valence electrons. The van der Waals surface area contributed by atoms with Crippen LogP contribution in [-0.2, 0) is 19.1 Å². The number of rotatable bonds is 12. The second-order valence-corrected chi connectivity index (χ2v) is 9.74. The Kier molecular flexibility index (Phi) is 8.23. The summed E-state index contributed by atoms with van der Waals surface area (Å²) < 4.78 is 11.3. The van der Waals surface area contributed by atoms with Gasteiger partial charge in [-0.3, -0.25) is 9.59 Å². The van der Waals surface area contributed by atoms with E-state index in [0.29, 0.717) is 11.8 Å². The summed E-state index contributed by atoms with van der Waals surface area (Å²) in [5.41, 5.74) is 0. The van der Waals surface area contributed by atoms with Crippen LogP contribution in [0.15, 0.2) is 0 Å². The van der Waals surface area contributed by atoms with E-state index in [9.17, 15) is 9.59 Å². The minimum Gasteiger partial charge on any atom is -0.463 e. The van der Waals surface area contributed by atoms with Gasteiger partial charge in [-0.05, 0) is 75.5 Å². The molecule has 0 saturated heterocycles. The van der Waals surface area contributed by atoms with Crippen molar-refractivity contribution in [3.05, 3.63) is 0 Å². The largest absolute Gasteiger partial charge is 0.463 e. The van der Waals surface area contributed by atoms with Gasteiger partial charge in [0.15, 0.2) is 0 Å². The zero-order valence-corrected chi connectivity index (χ0v) is 18.0. The number of hydrogen-bond acceptors (Lipinski definition) is 4. The number of carbonyl (C=O) groups excluding carboxylic acids is 2. The van der Waals surface area contributed by atoms with Crippen molar-refractivity contribution in [1.29, 1.82) is 0 Å². The van der Waals surface area contributed by atoms with Crippen LogP contribution in [0.25, 0.3) is 0 Å². The van der Waals surface area contributed by atoms with E-state index in [2.05, 4.69) is 6.92 Å². The van der Waals surface area contributed by atoms with Crippen LogP contribution < -0.4 is 0 Å². The SMILES string of the molecule is CCCCCCCCC(C)OC(=O)CCC(=O)OC1C2CC3CC(C2)CC1C3. The van der Waals surface area contributed by atoms with Crippen molar-refractivity contribution in [1.82, 2.24) is 0 Å². The van der Waals surface area contributed by atoms with E-state index < -0.39 is 0 Å². The zero-order valence-electron chi connectivity index (χ0n) is 18.0. The lowest BCUT2D eigenvalue weighted by Crippen LogP contribution is -2.50. The number of unbranched alkanes of at least 4 members (excludes halogenated alkanes) is 5. The highest BCUT2D eigenvalue weighted by Gasteiger charge is 2.49. The van der Waals surface area contributed by atoms with Crippen molar-refractivity contribution in [3.63, 3.8) is 0 Å². The minimum absolute atomic E-state index is 0.0564. The summed E-state index contributed by atoms with van der Waals surface area (Å²) in [6.45, 7) is 4.18. The Bertz CT molecular complexity index is 487. The molecule has 0 aromatic carbocycles. The molecule has 0 N–H and O–H groups in total. The fourth-order valence-electron chi connectivity index (χ4n) is 6.04. The number of hydrogen-bond donors (Lipinski definition) is 0. The lowest BCUT2D eigenvalue weighted by Gasteiger charge is -2.53. The van der Waals surface area contributed by atoms with Gasteiger partial charge in [-0.1, -0.05) is 39.0 Å². The summed E-state index contributed by atoms with van der Waals surface area (Å²) in [4.78, 5) is 24.3. The molecule has 4 heteroatoms. The number of carbonyl (C=O) groups is 2. The molecule has 1 unspecified atom stereocenters. The standard InChI is InChI=1S/C24H40O4/c1-3-4-5-6-7-8-9-17(2)27-22(25)10-11-23(26)28-24-20-13-18-12-19(15-20)16-21(24)14-18/h17-21,24H,3-16H2,1-2H3. The normalized spacial score (nSPS) is 31.6. The first-order valence-electron chi connectivity index (χ1n) is 11.9. The molecule has 0 aromatic heterocycles. The first-order valence-corrected chi connectivity index (χ1v) is 11.9. The summed E-state index contributed by atoms with van der Waals surface area (Å²) in [5, 5.41) is 0. The van der Waals surface area contributed by atoms with Crippen molar-refractivity contribution in [2.24, 2.45) is 23.7 Å². The number of esters is 2. The second kappa shape index (κ2) is 10.6. The Hall–Kier alpha value is -1.06. The Labute approximate surface area is 171 Å². The van der Waals surface area contributed by atoms with E-state index >= 15 is 0 Å². The maximum absolute atomic E-state index is 12.3. The van der Waals surface area contributed by atoms with Crippen LogP contribution in [0.2, 0.25) is 0 Å². The van der Waals surface area contributed by atoms with Crippen LogP contribution in [0.3, 0.4) is 0 Å². The molecule has 0 aliphatic heterocycles. The van der Waals surface area contributed by atoms with Crippen LogP contribution in [-0.4, -0.2) is 24.1 Å². The maximum atomic E-state index is 12.3. The Balaban J connectivity index is 1.27. The van der Waals surface area contributed by atoms with Crippen LogP contribution in [0.5, 0.6) is 0 Å². The molecule has 4 fully saturated rings. The highest BCUT2D eigenvalue weighted by molar-refractivity contribution is 5.77. The van der Waals surface area contributed by atoms with Crippen molar-refractivity contribution in [3.8, 4) is 0 Å². The molecule has 28 heavy (non-hydrogen) atoms. The molecule has 4 saturated carbocycles. The van der Waals surface area contributed by atoms with Crippen LogP contribution in [0, 0.1) is 23.7 Å². The summed E-state index contributed by atoms with van der Waals surface area (Å²) in [6, 6.07) is 0. The molecule has 1 atom stereocenters. The fourth-order valence-corrected chi connectivity index (χ4v) is 6.04. The molecule has 0 heterocycles. The highest BCUT2D eigenvalue weighted by Crippen LogP contribution is 2.54. The predicted octanol–water partition coefficient (Wildman–Crippen LogP) is 5.82. The third-order valence-corrected chi connectivity index (χ3v) is 7.24. The lowest BCUT2D eigenvalue weighted by atomic mass is 9.55. The van der Waals surface area contributed by atoms with Gasteiger partial charge >= 0.3 is 11.9 Å². The molecule has 4 bridgehead atoms. The molecular weight excluding hydrogens is 352 g/mol. The van der Waals surface area contributed by atoms with Gasteiger partial charge in [0.2, 0.25) is 0 Å². The smallest absolute Gasteiger partial charge is 0.306 e. The van der Waals surface area contributed by atoms with Crippen molar-refractivity contribution >= 4 is 11.9 Å². The van der Waals surface area contributed by atoms with Crippen LogP contribution >= 0.6 is 0 Å². The van der Waals surface area contributed by atoms with E-state index in [1.54, 1.807) is 0 Å². The van der Waals surface area contributed by atoms with Crippen LogP contribution in [0.4, 0.5) is 0 Å². The first-order chi connectivity index (χ1) is 13.5. The van der Waals surface area contributed by atoms with E-state index in [-0.39, 0.29) is 37.0 Å². The molecular formula is C24H40O4. The Morgan fingerprint density at radius 2 is 1.39 bits per heavy atom. The van der Waals surface area contributed by atoms with E-state index in [0.717, 1.165) is 24.7 Å². The lowest BCUT2D eigenvalue weighted by molar-refractivity contribution is -0.172. The summed E-state index contributed by atoms with van der Waals surface area (Å²) in [7, 11) is 0. The van der Waals surface area contributed by atoms with Gasteiger partial charge in [0, 0.05) is 0 Å². The Morgan fingerprint density at radius 3 is 2.04 bits per heavy atom. The molecule has 0 amide bonds. The summed E-state index contributed by atoms with van der Waals surface area (Å²) in [6.07, 6.45) is 15.1. The van der Waals surface area contributed by atoms with Crippen molar-refractivity contribution < 1.29 is 19.1 Å². The minimum atomic E-state index is -0.263. The Morgan fingerprint density at radius 1 is 0.821 bits per heavy atom. The summed E-state index contributed by atoms with van der Waals surface area (Å²) >= 11 is 0. The van der Waals surface area contributed by atoms with Gasteiger partial charge in [-0.25, -0.2) is 0 Å². The molecule has 0 aromatic rings. The van der Waals surface area contributed by atoms with Gasteiger partial charge < -0.3 is 9.47 Å². The molecule has 0 spiro atoms. The average molecular weight is 393 g/mol. The van der Waals surface area contributed by atoms with E-state index in [1.807, 2.05) is 6.92 Å². The number of ether oxygens (including phenoxy) is 2. The third-order valence-electron chi connectivity index (χ3n) is 7.24. The molecule has 4 nitrogen and oxygen atoms in total. The first kappa shape index (κ1) is 21.6. The zero-order chi connectivity index (χ0) is 19.9. The molecule has 4 aliphatic carbocycles. The molecule has 0 radical (unpaired) electrons. The quantitative estimate of drug-likeness (QED) is 0.310. The van der Waals surface area contributed by atoms with Crippen molar-refractivity contribution in [2.75, 3.05) is 0 Å². The van der Waals surface area contributed by atoms with Crippen LogP contribution in [0.1, 0.15) is 104 Å². The maximum Gasteiger partial charge on any atom is 0.306 e. The third kappa shape index (κ3) is 6.22. The second-order valence-electron chi connectivity index (χ2n) is 9.74. The van der Waals surface area contributed by atoms with Gasteiger partial charge in [-0.2, -0.15) is 0 Å².